The second-order valence-corrected chi connectivity index (χ2v) is 3.50. The van der Waals surface area contributed by atoms with E-state index in [1.807, 2.05) is 0 Å². The summed E-state index contributed by atoms with van der Waals surface area (Å²) in [6.07, 6.45) is 2.68. The van der Waals surface area contributed by atoms with Crippen molar-refractivity contribution in [1.82, 2.24) is 0 Å². The molecular formula is C7H13O2Sn. The van der Waals surface area contributed by atoms with E-state index < -0.39 is 0 Å². The van der Waals surface area contributed by atoms with E-state index in [9.17, 15) is 4.79 Å². The number of ether oxygens (including phenoxy) is 1. The molecule has 0 aromatic heterocycles. The van der Waals surface area contributed by atoms with Gasteiger partial charge in [0.15, 0.2) is 0 Å². The monoisotopic (exact) mass is 249 g/mol. The predicted molar refractivity (Wildman–Crippen MR) is 41.0 cm³/mol. The molecule has 0 spiro atoms. The van der Waals surface area contributed by atoms with Crippen molar-refractivity contribution >= 4 is 28.5 Å². The van der Waals surface area contributed by atoms with Crippen molar-refractivity contribution in [3.63, 3.8) is 0 Å². The summed E-state index contributed by atoms with van der Waals surface area (Å²) < 4.78 is 5.87. The van der Waals surface area contributed by atoms with Gasteiger partial charge in [0, 0.05) is 0 Å². The molecule has 0 fully saturated rings. The molecule has 0 amide bonds. The van der Waals surface area contributed by atoms with E-state index in [2.05, 4.69) is 6.92 Å². The first-order valence-electron chi connectivity index (χ1n) is 3.61. The third-order valence-corrected chi connectivity index (χ3v) is 1.80. The van der Waals surface area contributed by atoms with Crippen LogP contribution in [0.2, 0.25) is 4.44 Å². The van der Waals surface area contributed by atoms with Crippen LogP contribution in [-0.4, -0.2) is 35.1 Å². The zero-order valence-corrected chi connectivity index (χ0v) is 9.21. The first-order chi connectivity index (χ1) is 4.81. The fourth-order valence-electron chi connectivity index (χ4n) is 0.505. The molecule has 0 atom stereocenters. The van der Waals surface area contributed by atoms with Crippen LogP contribution in [0.5, 0.6) is 0 Å². The molecule has 0 aromatic carbocycles. The van der Waals surface area contributed by atoms with Gasteiger partial charge in [-0.1, -0.05) is 0 Å². The van der Waals surface area contributed by atoms with Gasteiger partial charge in [-0.2, -0.15) is 0 Å². The third kappa shape index (κ3) is 6.39. The average molecular weight is 248 g/mol. The van der Waals surface area contributed by atoms with Crippen LogP contribution in [-0.2, 0) is 9.53 Å². The molecule has 3 radical (unpaired) electrons. The van der Waals surface area contributed by atoms with Gasteiger partial charge in [-0.05, 0) is 0 Å². The Balaban J connectivity index is 3.05. The van der Waals surface area contributed by atoms with E-state index in [1.54, 1.807) is 0 Å². The minimum absolute atomic E-state index is 0.0368. The number of rotatable bonds is 5. The zero-order chi connectivity index (χ0) is 7.82. The van der Waals surface area contributed by atoms with Gasteiger partial charge in [0.05, 0.1) is 0 Å². The Hall–Kier alpha value is 0.269. The Morgan fingerprint density at radius 3 is 2.80 bits per heavy atom. The van der Waals surface area contributed by atoms with Gasteiger partial charge in [0.1, 0.15) is 0 Å². The topological polar surface area (TPSA) is 26.3 Å². The van der Waals surface area contributed by atoms with Gasteiger partial charge in [0.25, 0.3) is 0 Å². The molecule has 3 heteroatoms. The average Bonchev–Trinajstić information content (AvgIpc) is 1.89. The standard InChI is InChI=1S/C7H13O2.Sn/c1-3-5-6-9-7(8)4-2;/h2-6H2,1H3;. The van der Waals surface area contributed by atoms with E-state index in [-0.39, 0.29) is 5.97 Å². The Bertz CT molecular complexity index is 93.6. The van der Waals surface area contributed by atoms with E-state index in [4.69, 9.17) is 4.74 Å². The van der Waals surface area contributed by atoms with E-state index in [1.165, 1.54) is 22.5 Å². The number of hydrogen-bond donors (Lipinski definition) is 0. The summed E-state index contributed by atoms with van der Waals surface area (Å²) in [5, 5.41) is 0. The summed E-state index contributed by atoms with van der Waals surface area (Å²) in [6, 6.07) is 0. The molecular weight excluding hydrogens is 235 g/mol. The van der Waals surface area contributed by atoms with Crippen LogP contribution >= 0.6 is 0 Å². The molecule has 0 rings (SSSR count). The van der Waals surface area contributed by atoms with Crippen molar-refractivity contribution in [3.05, 3.63) is 0 Å². The summed E-state index contributed by atoms with van der Waals surface area (Å²) in [5.41, 5.74) is 0. The van der Waals surface area contributed by atoms with Gasteiger partial charge in [0.2, 0.25) is 0 Å². The quantitative estimate of drug-likeness (QED) is 0.416. The van der Waals surface area contributed by atoms with Gasteiger partial charge in [-0.15, -0.1) is 0 Å². The van der Waals surface area contributed by atoms with Gasteiger partial charge in [-0.25, -0.2) is 0 Å². The molecule has 0 aliphatic rings. The van der Waals surface area contributed by atoms with Crippen molar-refractivity contribution in [2.24, 2.45) is 0 Å². The Kier molecular flexibility index (Phi) is 7.57. The maximum absolute atomic E-state index is 10.7. The van der Waals surface area contributed by atoms with Crippen LogP contribution in [0.25, 0.3) is 0 Å². The third-order valence-electron chi connectivity index (χ3n) is 1.09. The van der Waals surface area contributed by atoms with Crippen molar-refractivity contribution in [2.45, 2.75) is 30.6 Å². The summed E-state index contributed by atoms with van der Waals surface area (Å²) in [4.78, 5) is 10.7. The van der Waals surface area contributed by atoms with Crippen LogP contribution in [0.15, 0.2) is 0 Å². The van der Waals surface area contributed by atoms with Crippen LogP contribution in [0, 0.1) is 0 Å². The molecule has 0 bridgehead atoms. The molecule has 57 valence electrons. The van der Waals surface area contributed by atoms with E-state index in [0.717, 1.165) is 17.3 Å². The Morgan fingerprint density at radius 2 is 2.30 bits per heavy atom. The maximum atomic E-state index is 10.7. The molecule has 0 heterocycles. The number of hydrogen-bond acceptors (Lipinski definition) is 2. The summed E-state index contributed by atoms with van der Waals surface area (Å²) >= 11 is 1.40. The summed E-state index contributed by atoms with van der Waals surface area (Å²) in [5.74, 6) is -0.0368. The number of carbonyl (C=O) groups excluding carboxylic acids is 1. The van der Waals surface area contributed by atoms with Crippen molar-refractivity contribution < 1.29 is 9.53 Å². The van der Waals surface area contributed by atoms with Crippen molar-refractivity contribution in [3.8, 4) is 0 Å². The molecule has 0 saturated heterocycles. The SMILES string of the molecule is CCCCOC(=O)C[CH2][Sn]. The molecule has 0 saturated carbocycles. The Labute approximate surface area is 75.4 Å². The summed E-state index contributed by atoms with van der Waals surface area (Å²) in [7, 11) is 0. The van der Waals surface area contributed by atoms with Gasteiger partial charge >= 0.3 is 75.3 Å². The molecule has 0 unspecified atom stereocenters. The Morgan fingerprint density at radius 1 is 1.60 bits per heavy atom. The predicted octanol–water partition coefficient (Wildman–Crippen LogP) is 1.31. The normalized spacial score (nSPS) is 9.40. The second-order valence-electron chi connectivity index (χ2n) is 2.07. The molecule has 0 aliphatic heterocycles. The van der Waals surface area contributed by atoms with E-state index >= 15 is 0 Å². The number of unbranched alkanes of at least 4 members (excludes halogenated alkanes) is 1. The molecule has 0 aliphatic carbocycles. The van der Waals surface area contributed by atoms with Crippen molar-refractivity contribution in [2.75, 3.05) is 6.61 Å². The minimum atomic E-state index is -0.0368. The van der Waals surface area contributed by atoms with Gasteiger partial charge in [-0.3, -0.25) is 0 Å². The first-order valence-corrected chi connectivity index (χ1v) is 5.63. The van der Waals surface area contributed by atoms with Crippen molar-refractivity contribution in [1.29, 1.82) is 0 Å². The molecule has 0 aromatic rings. The summed E-state index contributed by atoms with van der Waals surface area (Å²) in [6.45, 7) is 2.68. The van der Waals surface area contributed by atoms with Gasteiger partial charge < -0.3 is 0 Å². The zero-order valence-electron chi connectivity index (χ0n) is 6.35. The molecule has 0 N–H and O–H groups in total. The molecule has 10 heavy (non-hydrogen) atoms. The van der Waals surface area contributed by atoms with Crippen LogP contribution < -0.4 is 0 Å². The number of carbonyl (C=O) groups is 1. The van der Waals surface area contributed by atoms with Crippen LogP contribution in [0.3, 0.4) is 0 Å². The van der Waals surface area contributed by atoms with Crippen LogP contribution in [0.1, 0.15) is 26.2 Å². The van der Waals surface area contributed by atoms with Crippen LogP contribution in [0.4, 0.5) is 0 Å². The number of esters is 1. The fourth-order valence-corrected chi connectivity index (χ4v) is 1.09. The van der Waals surface area contributed by atoms with E-state index in [0.29, 0.717) is 13.0 Å². The second kappa shape index (κ2) is 7.38. The fraction of sp³-hybridized carbons (Fsp3) is 0.857. The first kappa shape index (κ1) is 10.3. The molecule has 2 nitrogen and oxygen atoms in total.